The van der Waals surface area contributed by atoms with E-state index in [0.717, 1.165) is 50.6 Å². The first-order valence-corrected chi connectivity index (χ1v) is 9.41. The van der Waals surface area contributed by atoms with Crippen LogP contribution in [0.2, 0.25) is 0 Å². The van der Waals surface area contributed by atoms with Crippen molar-refractivity contribution in [3.8, 4) is 0 Å². The van der Waals surface area contributed by atoms with Crippen molar-refractivity contribution in [2.45, 2.75) is 63.4 Å². The van der Waals surface area contributed by atoms with Gasteiger partial charge in [0.05, 0.1) is 11.3 Å². The van der Waals surface area contributed by atoms with Crippen molar-refractivity contribution in [1.29, 1.82) is 0 Å². The average Bonchev–Trinajstić information content (AvgIpc) is 2.54. The van der Waals surface area contributed by atoms with Gasteiger partial charge >= 0.3 is 0 Å². The molecule has 4 rings (SSSR count). The Labute approximate surface area is 139 Å². The Bertz CT molecular complexity index is 539. The van der Waals surface area contributed by atoms with Crippen molar-refractivity contribution < 1.29 is 9.13 Å². The zero-order chi connectivity index (χ0) is 15.7. The van der Waals surface area contributed by atoms with E-state index in [2.05, 4.69) is 11.0 Å². The van der Waals surface area contributed by atoms with Crippen molar-refractivity contribution in [1.82, 2.24) is 0 Å². The summed E-state index contributed by atoms with van der Waals surface area (Å²) in [7, 11) is 0. The van der Waals surface area contributed by atoms with Crippen molar-refractivity contribution >= 4 is 5.69 Å². The van der Waals surface area contributed by atoms with Gasteiger partial charge in [-0.25, -0.2) is 4.39 Å². The zero-order valence-electron chi connectivity index (χ0n) is 14.0. The highest BCUT2D eigenvalue weighted by molar-refractivity contribution is 5.50. The van der Waals surface area contributed by atoms with Crippen LogP contribution in [-0.4, -0.2) is 25.3 Å². The van der Waals surface area contributed by atoms with Crippen molar-refractivity contribution in [3.63, 3.8) is 0 Å². The number of piperidine rings is 1. The Kier molecular flexibility index (Phi) is 4.31. The fraction of sp³-hybridized carbons (Fsp3) is 0.700. The lowest BCUT2D eigenvalue weighted by atomic mass is 9.81. The number of halogens is 1. The van der Waals surface area contributed by atoms with E-state index in [4.69, 9.17) is 4.74 Å². The second-order valence-corrected chi connectivity index (χ2v) is 7.76. The third-order valence-electron chi connectivity index (χ3n) is 6.21. The standard InChI is InChI=1S/C20H28FNO/c21-18-7-6-17(14-16-4-3-5-16)15-19(18)22-11-9-20(10-12-22)8-1-2-13-23-20/h6-7,15-16H,1-5,8-14H2. The summed E-state index contributed by atoms with van der Waals surface area (Å²) in [6.07, 6.45) is 10.9. The second-order valence-electron chi connectivity index (χ2n) is 7.76. The summed E-state index contributed by atoms with van der Waals surface area (Å²) in [6, 6.07) is 5.75. The molecule has 3 fully saturated rings. The molecule has 2 aliphatic heterocycles. The minimum Gasteiger partial charge on any atom is -0.375 e. The smallest absolute Gasteiger partial charge is 0.146 e. The van der Waals surface area contributed by atoms with Gasteiger partial charge in [0.1, 0.15) is 5.82 Å². The number of hydrogen-bond acceptors (Lipinski definition) is 2. The number of rotatable bonds is 3. The summed E-state index contributed by atoms with van der Waals surface area (Å²) in [5, 5.41) is 0. The quantitative estimate of drug-likeness (QED) is 0.800. The number of benzene rings is 1. The molecule has 0 unspecified atom stereocenters. The molecule has 0 atom stereocenters. The molecule has 23 heavy (non-hydrogen) atoms. The molecule has 1 aromatic carbocycles. The highest BCUT2D eigenvalue weighted by Crippen LogP contribution is 2.37. The molecule has 0 amide bonds. The SMILES string of the molecule is Fc1ccc(CC2CCC2)cc1N1CCC2(CCCCO2)CC1. The van der Waals surface area contributed by atoms with Gasteiger partial charge in [0, 0.05) is 19.7 Å². The van der Waals surface area contributed by atoms with E-state index in [-0.39, 0.29) is 11.4 Å². The van der Waals surface area contributed by atoms with Crippen LogP contribution in [-0.2, 0) is 11.2 Å². The minimum absolute atomic E-state index is 0.0668. The Morgan fingerprint density at radius 3 is 2.57 bits per heavy atom. The monoisotopic (exact) mass is 317 g/mol. The number of hydrogen-bond donors (Lipinski definition) is 0. The molecule has 1 aromatic rings. The van der Waals surface area contributed by atoms with Crippen LogP contribution in [0.15, 0.2) is 18.2 Å². The summed E-state index contributed by atoms with van der Waals surface area (Å²) in [4.78, 5) is 2.24. The van der Waals surface area contributed by atoms with Gasteiger partial charge in [0.25, 0.3) is 0 Å². The molecule has 3 aliphatic rings. The molecule has 2 saturated heterocycles. The van der Waals surface area contributed by atoms with Crippen LogP contribution in [0.1, 0.15) is 56.9 Å². The Morgan fingerprint density at radius 1 is 1.09 bits per heavy atom. The number of anilines is 1. The summed E-state index contributed by atoms with van der Waals surface area (Å²) in [5.41, 5.74) is 2.21. The van der Waals surface area contributed by atoms with Crippen LogP contribution in [0, 0.1) is 11.7 Å². The summed E-state index contributed by atoms with van der Waals surface area (Å²) in [5.74, 6) is 0.761. The summed E-state index contributed by atoms with van der Waals surface area (Å²) < 4.78 is 20.4. The average molecular weight is 317 g/mol. The molecule has 3 heteroatoms. The molecule has 1 aliphatic carbocycles. The minimum atomic E-state index is -0.0668. The van der Waals surface area contributed by atoms with Crippen LogP contribution < -0.4 is 4.90 Å². The van der Waals surface area contributed by atoms with E-state index in [0.29, 0.717) is 0 Å². The van der Waals surface area contributed by atoms with Crippen molar-refractivity contribution in [2.24, 2.45) is 5.92 Å². The van der Waals surface area contributed by atoms with E-state index in [1.807, 2.05) is 6.07 Å². The zero-order valence-corrected chi connectivity index (χ0v) is 14.0. The predicted molar refractivity (Wildman–Crippen MR) is 91.4 cm³/mol. The van der Waals surface area contributed by atoms with Crippen LogP contribution in [0.5, 0.6) is 0 Å². The first-order valence-electron chi connectivity index (χ1n) is 9.41. The lowest BCUT2D eigenvalue weighted by Crippen LogP contribution is -2.48. The largest absolute Gasteiger partial charge is 0.375 e. The molecule has 1 saturated carbocycles. The van der Waals surface area contributed by atoms with Gasteiger partial charge in [-0.2, -0.15) is 0 Å². The number of nitrogens with zero attached hydrogens (tertiary/aromatic N) is 1. The fourth-order valence-corrected chi connectivity index (χ4v) is 4.42. The third kappa shape index (κ3) is 3.26. The van der Waals surface area contributed by atoms with E-state index in [1.54, 1.807) is 6.07 Å². The normalized spacial score (nSPS) is 24.7. The van der Waals surface area contributed by atoms with Gasteiger partial charge in [0.2, 0.25) is 0 Å². The van der Waals surface area contributed by atoms with Crippen molar-refractivity contribution in [2.75, 3.05) is 24.6 Å². The fourth-order valence-electron chi connectivity index (χ4n) is 4.42. The van der Waals surface area contributed by atoms with Gasteiger partial charge in [-0.15, -0.1) is 0 Å². The molecule has 0 N–H and O–H groups in total. The molecule has 1 spiro atoms. The highest BCUT2D eigenvalue weighted by atomic mass is 19.1. The molecule has 126 valence electrons. The van der Waals surface area contributed by atoms with Gasteiger partial charge < -0.3 is 9.64 Å². The Hall–Kier alpha value is -1.09. The van der Waals surface area contributed by atoms with Crippen LogP contribution >= 0.6 is 0 Å². The van der Waals surface area contributed by atoms with Crippen LogP contribution in [0.4, 0.5) is 10.1 Å². The molecule has 2 nitrogen and oxygen atoms in total. The Balaban J connectivity index is 1.44. The van der Waals surface area contributed by atoms with E-state index >= 15 is 0 Å². The second kappa shape index (κ2) is 6.43. The number of ether oxygens (including phenoxy) is 1. The molecular formula is C20H28FNO. The van der Waals surface area contributed by atoms with Gasteiger partial charge in [0.15, 0.2) is 0 Å². The summed E-state index contributed by atoms with van der Waals surface area (Å²) >= 11 is 0. The molecule has 0 radical (unpaired) electrons. The first kappa shape index (κ1) is 15.4. The molecule has 0 aromatic heterocycles. The topological polar surface area (TPSA) is 12.5 Å². The van der Waals surface area contributed by atoms with E-state index in [1.165, 1.54) is 44.1 Å². The summed E-state index contributed by atoms with van der Waals surface area (Å²) in [6.45, 7) is 2.75. The first-order chi connectivity index (χ1) is 11.2. The molecular weight excluding hydrogens is 289 g/mol. The molecule has 0 bridgehead atoms. The van der Waals surface area contributed by atoms with Crippen LogP contribution in [0.25, 0.3) is 0 Å². The predicted octanol–water partition coefficient (Wildman–Crippen LogP) is 4.71. The maximum absolute atomic E-state index is 14.3. The lowest BCUT2D eigenvalue weighted by Gasteiger charge is -2.44. The molecule has 2 heterocycles. The van der Waals surface area contributed by atoms with Crippen LogP contribution in [0.3, 0.4) is 0 Å². The van der Waals surface area contributed by atoms with Gasteiger partial charge in [-0.3, -0.25) is 0 Å². The lowest BCUT2D eigenvalue weighted by molar-refractivity contribution is -0.0920. The maximum Gasteiger partial charge on any atom is 0.146 e. The van der Waals surface area contributed by atoms with E-state index in [9.17, 15) is 4.39 Å². The highest BCUT2D eigenvalue weighted by Gasteiger charge is 2.37. The maximum atomic E-state index is 14.3. The van der Waals surface area contributed by atoms with Crippen molar-refractivity contribution in [3.05, 3.63) is 29.6 Å². The van der Waals surface area contributed by atoms with E-state index < -0.39 is 0 Å². The van der Waals surface area contributed by atoms with Gasteiger partial charge in [-0.1, -0.05) is 25.3 Å². The Morgan fingerprint density at radius 2 is 1.91 bits per heavy atom. The third-order valence-corrected chi connectivity index (χ3v) is 6.21. The van der Waals surface area contributed by atoms with Gasteiger partial charge in [-0.05, 0) is 62.1 Å².